The highest BCUT2D eigenvalue weighted by Crippen LogP contribution is 2.28. The van der Waals surface area contributed by atoms with E-state index >= 15 is 0 Å². The minimum absolute atomic E-state index is 0.0986. The van der Waals surface area contributed by atoms with Crippen LogP contribution < -0.4 is 10.1 Å². The monoisotopic (exact) mass is 414 g/mol. The van der Waals surface area contributed by atoms with Crippen LogP contribution in [-0.2, 0) is 10.0 Å². The number of nitrogens with zero attached hydrogens (tertiary/aromatic N) is 1. The zero-order valence-corrected chi connectivity index (χ0v) is 16.7. The lowest BCUT2D eigenvalue weighted by Crippen LogP contribution is -2.31. The molecule has 9 heteroatoms. The topological polar surface area (TPSA) is 75.7 Å². The normalized spacial score (nSPS) is 11.5. The van der Waals surface area contributed by atoms with Crippen LogP contribution in [0.15, 0.2) is 41.3 Å². The van der Waals surface area contributed by atoms with Crippen molar-refractivity contribution in [1.82, 2.24) is 4.31 Å². The summed E-state index contributed by atoms with van der Waals surface area (Å²) in [6.07, 6.45) is 0. The van der Waals surface area contributed by atoms with E-state index in [1.165, 1.54) is 41.7 Å². The van der Waals surface area contributed by atoms with Crippen LogP contribution in [0.3, 0.4) is 0 Å². The highest BCUT2D eigenvalue weighted by molar-refractivity contribution is 7.89. The number of hydrogen-bond donors (Lipinski definition) is 1. The van der Waals surface area contributed by atoms with Gasteiger partial charge in [-0.15, -0.1) is 0 Å². The Kier molecular flexibility index (Phi) is 6.80. The summed E-state index contributed by atoms with van der Waals surface area (Å²) in [7, 11) is -2.47. The Balaban J connectivity index is 2.41. The van der Waals surface area contributed by atoms with Gasteiger partial charge in [-0.05, 0) is 36.4 Å². The Bertz CT molecular complexity index is 946. The summed E-state index contributed by atoms with van der Waals surface area (Å²) < 4.78 is 45.4. The quantitative estimate of drug-likeness (QED) is 0.748. The summed E-state index contributed by atoms with van der Waals surface area (Å²) in [5.41, 5.74) is 0.400. The fraction of sp³-hybridized carbons (Fsp3) is 0.278. The third-order valence-electron chi connectivity index (χ3n) is 3.93. The van der Waals surface area contributed by atoms with Crippen molar-refractivity contribution in [1.29, 1.82) is 0 Å². The number of amides is 1. The molecule has 0 unspecified atom stereocenters. The van der Waals surface area contributed by atoms with Gasteiger partial charge in [-0.2, -0.15) is 4.31 Å². The summed E-state index contributed by atoms with van der Waals surface area (Å²) >= 11 is 5.71. The van der Waals surface area contributed by atoms with E-state index in [0.29, 0.717) is 0 Å². The van der Waals surface area contributed by atoms with Gasteiger partial charge in [-0.1, -0.05) is 25.4 Å². The molecule has 0 aliphatic heterocycles. The van der Waals surface area contributed by atoms with Crippen molar-refractivity contribution >= 4 is 33.2 Å². The first-order valence-corrected chi connectivity index (χ1v) is 10.0. The van der Waals surface area contributed by atoms with Crippen LogP contribution >= 0.6 is 11.6 Å². The van der Waals surface area contributed by atoms with Gasteiger partial charge in [0.1, 0.15) is 16.5 Å². The van der Waals surface area contributed by atoms with Crippen LogP contribution in [0.2, 0.25) is 5.02 Å². The number of carbonyl (C=O) groups is 1. The molecule has 0 spiro atoms. The van der Waals surface area contributed by atoms with Crippen molar-refractivity contribution in [3.05, 3.63) is 52.8 Å². The molecule has 146 valence electrons. The molecule has 1 amide bonds. The zero-order valence-electron chi connectivity index (χ0n) is 15.1. The Labute approximate surface area is 162 Å². The Morgan fingerprint density at radius 3 is 2.41 bits per heavy atom. The second kappa shape index (κ2) is 8.69. The van der Waals surface area contributed by atoms with Gasteiger partial charge >= 0.3 is 0 Å². The second-order valence-electron chi connectivity index (χ2n) is 5.54. The number of rotatable bonds is 7. The Morgan fingerprint density at radius 1 is 1.19 bits per heavy atom. The third-order valence-corrected chi connectivity index (χ3v) is 6.29. The molecule has 27 heavy (non-hydrogen) atoms. The number of nitrogens with one attached hydrogen (secondary N) is 1. The standard InChI is InChI=1S/C18H20ClFN2O4S/c1-4-22(5-2)27(24,25)17-10-12(6-9-16(17)26-3)18(23)21-13-7-8-15(20)14(19)11-13/h6-11H,4-5H2,1-3H3,(H,21,23). The molecule has 2 aromatic rings. The molecule has 0 aliphatic rings. The molecule has 0 aromatic heterocycles. The van der Waals surface area contributed by atoms with Crippen molar-refractivity contribution in [2.75, 3.05) is 25.5 Å². The molecule has 0 saturated carbocycles. The maximum atomic E-state index is 13.2. The highest BCUT2D eigenvalue weighted by atomic mass is 35.5. The van der Waals surface area contributed by atoms with Gasteiger partial charge in [0.05, 0.1) is 12.1 Å². The van der Waals surface area contributed by atoms with Gasteiger partial charge in [-0.3, -0.25) is 4.79 Å². The van der Waals surface area contributed by atoms with Crippen molar-refractivity contribution in [3.63, 3.8) is 0 Å². The number of methoxy groups -OCH3 is 1. The number of benzene rings is 2. The number of carbonyl (C=O) groups excluding carboxylic acids is 1. The maximum Gasteiger partial charge on any atom is 0.255 e. The predicted molar refractivity (Wildman–Crippen MR) is 102 cm³/mol. The van der Waals surface area contributed by atoms with E-state index in [2.05, 4.69) is 5.32 Å². The number of halogens is 2. The van der Waals surface area contributed by atoms with E-state index in [-0.39, 0.29) is 40.0 Å². The molecule has 0 fully saturated rings. The van der Waals surface area contributed by atoms with E-state index in [9.17, 15) is 17.6 Å². The average molecular weight is 415 g/mol. The molecular weight excluding hydrogens is 395 g/mol. The summed E-state index contributed by atoms with van der Waals surface area (Å²) in [6, 6.07) is 7.88. The molecule has 0 bridgehead atoms. The number of anilines is 1. The molecule has 0 saturated heterocycles. The van der Waals surface area contributed by atoms with E-state index in [4.69, 9.17) is 16.3 Å². The molecule has 2 aromatic carbocycles. The van der Waals surface area contributed by atoms with Crippen molar-refractivity contribution in [2.45, 2.75) is 18.7 Å². The maximum absolute atomic E-state index is 13.2. The van der Waals surface area contributed by atoms with Crippen LogP contribution in [0.5, 0.6) is 5.75 Å². The van der Waals surface area contributed by atoms with Crippen molar-refractivity contribution < 1.29 is 22.3 Å². The number of sulfonamides is 1. The molecule has 0 atom stereocenters. The molecule has 1 N–H and O–H groups in total. The molecule has 6 nitrogen and oxygen atoms in total. The minimum atomic E-state index is -3.83. The van der Waals surface area contributed by atoms with E-state index in [0.717, 1.165) is 6.07 Å². The second-order valence-corrected chi connectivity index (χ2v) is 7.85. The summed E-state index contributed by atoms with van der Waals surface area (Å²) in [6.45, 7) is 4.02. The Hall–Kier alpha value is -2.16. The lowest BCUT2D eigenvalue weighted by atomic mass is 10.2. The molecule has 2 rings (SSSR count). The smallest absolute Gasteiger partial charge is 0.255 e. The molecule has 0 radical (unpaired) electrons. The van der Waals surface area contributed by atoms with Crippen LogP contribution in [0.4, 0.5) is 10.1 Å². The van der Waals surface area contributed by atoms with Gasteiger partial charge in [0.15, 0.2) is 0 Å². The zero-order chi connectivity index (χ0) is 20.2. The molecule has 0 aliphatic carbocycles. The van der Waals surface area contributed by atoms with Crippen LogP contribution in [0.25, 0.3) is 0 Å². The van der Waals surface area contributed by atoms with Crippen LogP contribution in [0.1, 0.15) is 24.2 Å². The van der Waals surface area contributed by atoms with E-state index < -0.39 is 21.7 Å². The van der Waals surface area contributed by atoms with Crippen molar-refractivity contribution in [3.8, 4) is 5.75 Å². The van der Waals surface area contributed by atoms with Crippen molar-refractivity contribution in [2.24, 2.45) is 0 Å². The first-order chi connectivity index (χ1) is 12.7. The van der Waals surface area contributed by atoms with Gasteiger partial charge in [0, 0.05) is 24.3 Å². The first kappa shape index (κ1) is 21.1. The number of ether oxygens (including phenoxy) is 1. The first-order valence-electron chi connectivity index (χ1n) is 8.19. The fourth-order valence-electron chi connectivity index (χ4n) is 2.50. The number of hydrogen-bond acceptors (Lipinski definition) is 4. The fourth-order valence-corrected chi connectivity index (χ4v) is 4.32. The predicted octanol–water partition coefficient (Wildman–Crippen LogP) is 3.77. The van der Waals surface area contributed by atoms with Crippen LogP contribution in [0, 0.1) is 5.82 Å². The molecule has 0 heterocycles. The lowest BCUT2D eigenvalue weighted by molar-refractivity contribution is 0.102. The summed E-state index contributed by atoms with van der Waals surface area (Å²) in [5, 5.41) is 2.43. The summed E-state index contributed by atoms with van der Waals surface area (Å²) in [4.78, 5) is 12.4. The molecular formula is C18H20ClFN2O4S. The minimum Gasteiger partial charge on any atom is -0.495 e. The van der Waals surface area contributed by atoms with Gasteiger partial charge in [0.2, 0.25) is 10.0 Å². The average Bonchev–Trinajstić information content (AvgIpc) is 2.65. The SMILES string of the molecule is CCN(CC)S(=O)(=O)c1cc(C(=O)Nc2ccc(F)c(Cl)c2)ccc1OC. The third kappa shape index (κ3) is 4.58. The largest absolute Gasteiger partial charge is 0.495 e. The van der Waals surface area contributed by atoms with Gasteiger partial charge in [0.25, 0.3) is 5.91 Å². The summed E-state index contributed by atoms with van der Waals surface area (Å²) in [5.74, 6) is -1.02. The van der Waals surface area contributed by atoms with E-state index in [1.54, 1.807) is 13.8 Å². The highest BCUT2D eigenvalue weighted by Gasteiger charge is 2.26. The lowest BCUT2D eigenvalue weighted by Gasteiger charge is -2.20. The Morgan fingerprint density at radius 2 is 1.85 bits per heavy atom. The van der Waals surface area contributed by atoms with Gasteiger partial charge in [-0.25, -0.2) is 12.8 Å². The van der Waals surface area contributed by atoms with Gasteiger partial charge < -0.3 is 10.1 Å². The van der Waals surface area contributed by atoms with Crippen LogP contribution in [-0.4, -0.2) is 38.8 Å². The van der Waals surface area contributed by atoms with E-state index in [1.807, 2.05) is 0 Å².